The fourth-order valence-corrected chi connectivity index (χ4v) is 3.85. The number of benzene rings is 1. The van der Waals surface area contributed by atoms with Crippen LogP contribution in [0.25, 0.3) is 11.2 Å². The summed E-state index contributed by atoms with van der Waals surface area (Å²) in [6, 6.07) is 7.79. The van der Waals surface area contributed by atoms with Crippen molar-refractivity contribution in [2.75, 3.05) is 31.8 Å². The van der Waals surface area contributed by atoms with Crippen LogP contribution >= 0.6 is 0 Å². The van der Waals surface area contributed by atoms with E-state index in [0.29, 0.717) is 30.9 Å². The topological polar surface area (TPSA) is 85.4 Å². The summed E-state index contributed by atoms with van der Waals surface area (Å²) in [6.45, 7) is 4.51. The van der Waals surface area contributed by atoms with E-state index >= 15 is 0 Å². The Bertz CT molecular complexity index is 1140. The molecule has 3 aromatic rings. The second-order valence-electron chi connectivity index (χ2n) is 7.00. The molecule has 0 fully saturated rings. The van der Waals surface area contributed by atoms with Gasteiger partial charge >= 0.3 is 11.6 Å². The Hall–Kier alpha value is -3.07. The lowest BCUT2D eigenvalue weighted by atomic mass is 10.2. The van der Waals surface area contributed by atoms with E-state index in [-0.39, 0.29) is 17.8 Å². The first-order valence-electron chi connectivity index (χ1n) is 9.81. The summed E-state index contributed by atoms with van der Waals surface area (Å²) in [6.07, 6.45) is 0.887. The average Bonchev–Trinajstić information content (AvgIpc) is 3.15. The van der Waals surface area contributed by atoms with Crippen molar-refractivity contribution in [3.05, 3.63) is 45.1 Å². The van der Waals surface area contributed by atoms with E-state index < -0.39 is 0 Å². The smallest absolute Gasteiger partial charge is 0.364 e. The molecule has 0 spiro atoms. The molecule has 9 heteroatoms. The van der Waals surface area contributed by atoms with Gasteiger partial charge in [0.2, 0.25) is 11.2 Å². The quantitative estimate of drug-likeness (QED) is 0.491. The summed E-state index contributed by atoms with van der Waals surface area (Å²) in [7, 11) is 3.32. The van der Waals surface area contributed by atoms with Crippen LogP contribution in [-0.2, 0) is 24.9 Å². The summed E-state index contributed by atoms with van der Waals surface area (Å²) in [5, 5.41) is 0. The van der Waals surface area contributed by atoms with Crippen molar-refractivity contribution < 1.29 is 14.0 Å². The van der Waals surface area contributed by atoms with Gasteiger partial charge < -0.3 is 9.47 Å². The minimum absolute atomic E-state index is 0.234. The number of anilines is 2. The predicted octanol–water partition coefficient (Wildman–Crippen LogP) is 0.903. The Morgan fingerprint density at radius 2 is 1.97 bits per heavy atom. The van der Waals surface area contributed by atoms with Crippen LogP contribution in [0.4, 0.5) is 11.6 Å². The minimum Gasteiger partial charge on any atom is -0.497 e. The van der Waals surface area contributed by atoms with Gasteiger partial charge in [-0.25, -0.2) is 19.2 Å². The van der Waals surface area contributed by atoms with Crippen molar-refractivity contribution in [3.63, 3.8) is 0 Å². The highest BCUT2D eigenvalue weighted by Crippen LogP contribution is 2.27. The highest BCUT2D eigenvalue weighted by Gasteiger charge is 2.33. The molecule has 1 N–H and O–H groups in total. The number of fused-ring (bicyclic) bond motifs is 3. The monoisotopic (exact) mass is 400 g/mol. The molecule has 1 aliphatic rings. The summed E-state index contributed by atoms with van der Waals surface area (Å²) >= 11 is 0. The van der Waals surface area contributed by atoms with E-state index in [1.165, 1.54) is 9.13 Å². The number of aromatic nitrogens is 4. The Balaban J connectivity index is 1.85. The number of nitrogens with one attached hydrogen (secondary N) is 1. The number of H-pyrrole nitrogens is 1. The van der Waals surface area contributed by atoms with Gasteiger partial charge in [0.15, 0.2) is 0 Å². The molecule has 29 heavy (non-hydrogen) atoms. The number of methoxy groups -OCH3 is 1. The molecule has 154 valence electrons. The van der Waals surface area contributed by atoms with Crippen LogP contribution in [0.5, 0.6) is 5.75 Å². The molecule has 1 aliphatic heterocycles. The molecule has 0 atom stereocenters. The molecule has 0 saturated carbocycles. The van der Waals surface area contributed by atoms with Crippen LogP contribution in [0.1, 0.15) is 13.3 Å². The lowest BCUT2D eigenvalue weighted by Gasteiger charge is -2.22. The van der Waals surface area contributed by atoms with E-state index in [0.717, 1.165) is 30.4 Å². The second kappa shape index (κ2) is 7.75. The average molecular weight is 400 g/mol. The highest BCUT2D eigenvalue weighted by atomic mass is 16.5. The minimum atomic E-state index is -0.350. The van der Waals surface area contributed by atoms with Gasteiger partial charge in [-0.15, -0.1) is 0 Å². The Labute approximate surface area is 167 Å². The number of rotatable bonds is 6. The maximum atomic E-state index is 13.2. The Kier molecular flexibility index (Phi) is 5.14. The molecule has 3 heterocycles. The molecule has 0 bridgehead atoms. The van der Waals surface area contributed by atoms with Crippen molar-refractivity contribution >= 4 is 22.8 Å². The lowest BCUT2D eigenvalue weighted by molar-refractivity contribution is -0.663. The number of hydrogen-bond acceptors (Lipinski definition) is 5. The van der Waals surface area contributed by atoms with Gasteiger partial charge in [0.05, 0.1) is 33.4 Å². The van der Waals surface area contributed by atoms with Crippen molar-refractivity contribution in [2.45, 2.75) is 26.4 Å². The molecule has 0 amide bonds. The molecule has 4 rings (SSSR count). The lowest BCUT2D eigenvalue weighted by Crippen LogP contribution is -2.49. The molecule has 2 aromatic heterocycles. The summed E-state index contributed by atoms with van der Waals surface area (Å²) in [5.74, 6) is 1.58. The summed E-state index contributed by atoms with van der Waals surface area (Å²) < 4.78 is 15.3. The Morgan fingerprint density at radius 3 is 2.66 bits per heavy atom. The molecule has 9 nitrogen and oxygen atoms in total. The third kappa shape index (κ3) is 3.21. The van der Waals surface area contributed by atoms with Crippen molar-refractivity contribution in [2.24, 2.45) is 7.05 Å². The maximum Gasteiger partial charge on any atom is 0.364 e. The SMILES string of the molecule is CCOCCn1c(=O)c2c([nH]c3[n+]2CCCN3c2ccc(OC)cc2)n(C)c1=O. The first kappa shape index (κ1) is 19.3. The number of aryl methyl sites for hydroxylation is 2. The molecule has 0 aliphatic carbocycles. The second-order valence-corrected chi connectivity index (χ2v) is 7.00. The van der Waals surface area contributed by atoms with Crippen LogP contribution in [0.2, 0.25) is 0 Å². The van der Waals surface area contributed by atoms with Crippen LogP contribution in [0.15, 0.2) is 33.9 Å². The van der Waals surface area contributed by atoms with Gasteiger partial charge in [-0.3, -0.25) is 13.9 Å². The normalized spacial score (nSPS) is 13.7. The Morgan fingerprint density at radius 1 is 1.21 bits per heavy atom. The first-order chi connectivity index (χ1) is 14.1. The third-order valence-electron chi connectivity index (χ3n) is 5.35. The first-order valence-corrected chi connectivity index (χ1v) is 9.81. The van der Waals surface area contributed by atoms with Gasteiger partial charge in [0.25, 0.3) is 5.56 Å². The van der Waals surface area contributed by atoms with Crippen molar-refractivity contribution in [3.8, 4) is 5.75 Å². The number of aromatic amines is 1. The number of hydrogen-bond donors (Lipinski definition) is 1. The standard InChI is InChI=1S/C20H25N5O4/c1-4-29-13-12-25-18(26)16-17(22(2)20(25)27)21-19-23(10-5-11-24(16)19)14-6-8-15(28-3)9-7-14/h6-9H,4-5,10-13H2,1-3H3/p+1. The molecule has 0 unspecified atom stereocenters. The summed E-state index contributed by atoms with van der Waals surface area (Å²) in [5.41, 5.74) is 1.40. The van der Waals surface area contributed by atoms with E-state index in [9.17, 15) is 9.59 Å². The van der Waals surface area contributed by atoms with E-state index in [2.05, 4.69) is 9.88 Å². The van der Waals surface area contributed by atoms with Gasteiger partial charge in [0, 0.05) is 20.1 Å². The molecular weight excluding hydrogens is 374 g/mol. The molecular formula is C20H26N5O4+. The van der Waals surface area contributed by atoms with E-state index in [1.54, 1.807) is 14.2 Å². The van der Waals surface area contributed by atoms with Crippen LogP contribution in [0, 0.1) is 0 Å². The zero-order valence-electron chi connectivity index (χ0n) is 17.0. The van der Waals surface area contributed by atoms with Crippen LogP contribution in [0.3, 0.4) is 0 Å². The zero-order chi connectivity index (χ0) is 20.5. The van der Waals surface area contributed by atoms with Crippen molar-refractivity contribution in [1.29, 1.82) is 0 Å². The van der Waals surface area contributed by atoms with Gasteiger partial charge in [-0.2, -0.15) is 0 Å². The highest BCUT2D eigenvalue weighted by molar-refractivity contribution is 5.70. The maximum absolute atomic E-state index is 13.2. The predicted molar refractivity (Wildman–Crippen MR) is 109 cm³/mol. The van der Waals surface area contributed by atoms with E-state index in [4.69, 9.17) is 9.47 Å². The van der Waals surface area contributed by atoms with Crippen molar-refractivity contribution in [1.82, 2.24) is 14.1 Å². The fourth-order valence-electron chi connectivity index (χ4n) is 3.85. The number of nitrogens with zero attached hydrogens (tertiary/aromatic N) is 4. The van der Waals surface area contributed by atoms with Crippen LogP contribution in [-0.4, -0.2) is 41.0 Å². The fraction of sp³-hybridized carbons (Fsp3) is 0.450. The largest absolute Gasteiger partial charge is 0.497 e. The number of imidazole rings is 1. The zero-order valence-corrected chi connectivity index (χ0v) is 17.0. The van der Waals surface area contributed by atoms with E-state index in [1.807, 2.05) is 35.8 Å². The van der Waals surface area contributed by atoms with Crippen LogP contribution < -0.4 is 25.5 Å². The molecule has 0 saturated heterocycles. The summed E-state index contributed by atoms with van der Waals surface area (Å²) in [4.78, 5) is 31.4. The molecule has 1 aromatic carbocycles. The van der Waals surface area contributed by atoms with Gasteiger partial charge in [0.1, 0.15) is 11.4 Å². The number of ether oxygens (including phenoxy) is 2. The third-order valence-corrected chi connectivity index (χ3v) is 5.35. The van der Waals surface area contributed by atoms with Gasteiger partial charge in [-0.05, 0) is 31.2 Å². The van der Waals surface area contributed by atoms with Gasteiger partial charge in [-0.1, -0.05) is 0 Å². The molecule has 0 radical (unpaired) electrons.